The van der Waals surface area contributed by atoms with Gasteiger partial charge in [-0.25, -0.2) is 0 Å². The topological polar surface area (TPSA) is 36.5 Å². The van der Waals surface area contributed by atoms with Crippen LogP contribution in [0.5, 0.6) is 23.0 Å². The second kappa shape index (κ2) is 9.18. The van der Waals surface area contributed by atoms with Crippen LogP contribution in [0.1, 0.15) is 0 Å². The van der Waals surface area contributed by atoms with Crippen LogP contribution in [0.4, 0.5) is 0 Å². The molecular formula is C42H24BNO3. The third-order valence-electron chi connectivity index (χ3n) is 9.91. The molecule has 2 aliphatic heterocycles. The predicted molar refractivity (Wildman–Crippen MR) is 191 cm³/mol. The van der Waals surface area contributed by atoms with Gasteiger partial charge in [-0.3, -0.25) is 0 Å². The number of nitrogens with zero attached hydrogens (tertiary/aromatic N) is 1. The van der Waals surface area contributed by atoms with Crippen LogP contribution in [0.3, 0.4) is 0 Å². The van der Waals surface area contributed by atoms with Crippen molar-refractivity contribution in [3.8, 4) is 39.8 Å². The zero-order valence-corrected chi connectivity index (χ0v) is 25.1. The van der Waals surface area contributed by atoms with Gasteiger partial charge in [0.2, 0.25) is 0 Å². The minimum Gasteiger partial charge on any atom is -0.458 e. The molecule has 218 valence electrons. The van der Waals surface area contributed by atoms with Crippen LogP contribution in [-0.2, 0) is 0 Å². The van der Waals surface area contributed by atoms with Crippen molar-refractivity contribution in [3.63, 3.8) is 0 Å². The Morgan fingerprint density at radius 2 is 1.15 bits per heavy atom. The Morgan fingerprint density at radius 1 is 0.468 bits per heavy atom. The summed E-state index contributed by atoms with van der Waals surface area (Å²) in [6, 6.07) is 51.0. The summed E-state index contributed by atoms with van der Waals surface area (Å²) >= 11 is 0. The SMILES string of the molecule is c1cc(-c2cc3c4c(c2)Oc2ccccc2B4c2ccccc2O3)cc(-n2c3ccccc3c3ccc4oc5ccccc5c4c32)c1. The Labute approximate surface area is 270 Å². The molecule has 0 saturated carbocycles. The maximum Gasteiger partial charge on any atom is 0.260 e. The first kappa shape index (κ1) is 25.0. The Balaban J connectivity index is 1.15. The molecule has 0 saturated heterocycles. The molecule has 0 N–H and O–H groups in total. The van der Waals surface area contributed by atoms with Gasteiger partial charge in [-0.1, -0.05) is 84.9 Å². The van der Waals surface area contributed by atoms with E-state index in [0.29, 0.717) is 0 Å². The van der Waals surface area contributed by atoms with Crippen LogP contribution in [-0.4, -0.2) is 11.3 Å². The summed E-state index contributed by atoms with van der Waals surface area (Å²) in [7, 11) is 0. The lowest BCUT2D eigenvalue weighted by atomic mass is 9.35. The monoisotopic (exact) mass is 601 g/mol. The van der Waals surface area contributed by atoms with Crippen molar-refractivity contribution in [1.82, 2.24) is 4.57 Å². The fraction of sp³-hybridized carbons (Fsp3) is 0. The van der Waals surface area contributed by atoms with Gasteiger partial charge in [0.15, 0.2) is 0 Å². The lowest BCUT2D eigenvalue weighted by Gasteiger charge is -2.33. The van der Waals surface area contributed by atoms with Gasteiger partial charge in [0.05, 0.1) is 16.4 Å². The second-order valence-corrected chi connectivity index (χ2v) is 12.4. The number of hydrogen-bond acceptors (Lipinski definition) is 3. The zero-order chi connectivity index (χ0) is 30.6. The highest BCUT2D eigenvalue weighted by molar-refractivity contribution is 6.98. The van der Waals surface area contributed by atoms with E-state index in [0.717, 1.165) is 89.2 Å². The third-order valence-corrected chi connectivity index (χ3v) is 9.91. The molecule has 0 amide bonds. The molecule has 0 unspecified atom stereocenters. The molecule has 0 fully saturated rings. The molecule has 0 atom stereocenters. The standard InChI is InChI=1S/C42H24BNO3/c1-5-16-33-28(12-1)29-20-21-37-40(30-13-2-6-17-34(30)45-37)42(29)44(33)27-11-9-10-25(22-27)26-23-38-41-39(24-26)47-36-19-8-4-15-32(36)43(41)31-14-3-7-18-35(31)46-38/h1-24H. The van der Waals surface area contributed by atoms with Gasteiger partial charge in [0.1, 0.15) is 34.2 Å². The summed E-state index contributed by atoms with van der Waals surface area (Å²) in [5.74, 6) is 3.45. The van der Waals surface area contributed by atoms with Gasteiger partial charge in [-0.15, -0.1) is 0 Å². The van der Waals surface area contributed by atoms with Crippen LogP contribution in [0.15, 0.2) is 150 Å². The normalized spacial score (nSPS) is 13.0. The molecule has 5 heteroatoms. The average Bonchev–Trinajstić information content (AvgIpc) is 3.67. The van der Waals surface area contributed by atoms with Crippen LogP contribution in [0.2, 0.25) is 0 Å². The Morgan fingerprint density at radius 3 is 1.94 bits per heavy atom. The van der Waals surface area contributed by atoms with Crippen LogP contribution < -0.4 is 25.9 Å². The molecule has 2 aliphatic rings. The van der Waals surface area contributed by atoms with Gasteiger partial charge in [-0.05, 0) is 82.7 Å². The molecule has 11 rings (SSSR count). The van der Waals surface area contributed by atoms with E-state index in [1.807, 2.05) is 24.3 Å². The fourth-order valence-electron chi connectivity index (χ4n) is 7.92. The fourth-order valence-corrected chi connectivity index (χ4v) is 7.92. The summed E-state index contributed by atoms with van der Waals surface area (Å²) in [5.41, 5.74) is 10.7. The Hall–Kier alpha value is -6.20. The Bertz CT molecular complexity index is 2700. The van der Waals surface area contributed by atoms with Crippen molar-refractivity contribution in [2.45, 2.75) is 0 Å². The molecule has 0 bridgehead atoms. The minimum atomic E-state index is 0.0556. The number of para-hydroxylation sites is 4. The molecule has 9 aromatic rings. The van der Waals surface area contributed by atoms with Crippen LogP contribution in [0, 0.1) is 0 Å². The van der Waals surface area contributed by atoms with Crippen molar-refractivity contribution < 1.29 is 13.9 Å². The lowest BCUT2D eigenvalue weighted by Crippen LogP contribution is -2.57. The summed E-state index contributed by atoms with van der Waals surface area (Å²) in [6.45, 7) is 0.0556. The lowest BCUT2D eigenvalue weighted by molar-refractivity contribution is 0.465. The number of ether oxygens (including phenoxy) is 2. The number of benzene rings is 7. The molecule has 0 aliphatic carbocycles. The number of furan rings is 1. The van der Waals surface area contributed by atoms with E-state index in [4.69, 9.17) is 13.9 Å². The van der Waals surface area contributed by atoms with Gasteiger partial charge in [0, 0.05) is 27.3 Å². The highest BCUT2D eigenvalue weighted by Gasteiger charge is 2.40. The number of fused-ring (bicyclic) bond motifs is 11. The minimum absolute atomic E-state index is 0.0556. The molecule has 4 nitrogen and oxygen atoms in total. The molecule has 7 aromatic carbocycles. The van der Waals surface area contributed by atoms with Crippen molar-refractivity contribution in [2.24, 2.45) is 0 Å². The molecule has 2 aromatic heterocycles. The van der Waals surface area contributed by atoms with E-state index < -0.39 is 0 Å². The van der Waals surface area contributed by atoms with Crippen molar-refractivity contribution in [2.75, 3.05) is 0 Å². The average molecular weight is 601 g/mol. The smallest absolute Gasteiger partial charge is 0.260 e. The van der Waals surface area contributed by atoms with Gasteiger partial charge in [0.25, 0.3) is 6.71 Å². The van der Waals surface area contributed by atoms with E-state index in [1.165, 1.54) is 10.8 Å². The predicted octanol–water partition coefficient (Wildman–Crippen LogP) is 9.08. The summed E-state index contributed by atoms with van der Waals surface area (Å²) < 4.78 is 21.9. The Kier molecular flexibility index (Phi) is 4.89. The van der Waals surface area contributed by atoms with Gasteiger partial charge < -0.3 is 18.5 Å². The highest BCUT2D eigenvalue weighted by atomic mass is 16.5. The van der Waals surface area contributed by atoms with E-state index in [1.54, 1.807) is 0 Å². The van der Waals surface area contributed by atoms with Crippen LogP contribution in [0.25, 0.3) is 60.6 Å². The largest absolute Gasteiger partial charge is 0.458 e. The van der Waals surface area contributed by atoms with Gasteiger partial charge >= 0.3 is 0 Å². The number of rotatable bonds is 2. The van der Waals surface area contributed by atoms with E-state index in [2.05, 4.69) is 126 Å². The summed E-state index contributed by atoms with van der Waals surface area (Å²) in [6.07, 6.45) is 0. The molecule has 0 spiro atoms. The van der Waals surface area contributed by atoms with E-state index in [-0.39, 0.29) is 6.71 Å². The van der Waals surface area contributed by atoms with Crippen molar-refractivity contribution >= 4 is 66.8 Å². The molecule has 47 heavy (non-hydrogen) atoms. The van der Waals surface area contributed by atoms with E-state index >= 15 is 0 Å². The third kappa shape index (κ3) is 3.43. The number of hydrogen-bond donors (Lipinski definition) is 0. The summed E-state index contributed by atoms with van der Waals surface area (Å²) in [5, 5.41) is 4.66. The molecular weight excluding hydrogens is 577 g/mol. The maximum atomic E-state index is 6.60. The quantitative estimate of drug-likeness (QED) is 0.186. The molecule has 0 radical (unpaired) electrons. The maximum absolute atomic E-state index is 6.60. The van der Waals surface area contributed by atoms with E-state index in [9.17, 15) is 0 Å². The van der Waals surface area contributed by atoms with Crippen LogP contribution >= 0.6 is 0 Å². The van der Waals surface area contributed by atoms with Crippen molar-refractivity contribution in [3.05, 3.63) is 146 Å². The van der Waals surface area contributed by atoms with Crippen molar-refractivity contribution in [1.29, 1.82) is 0 Å². The van der Waals surface area contributed by atoms with Gasteiger partial charge in [-0.2, -0.15) is 0 Å². The summed E-state index contributed by atoms with van der Waals surface area (Å²) in [4.78, 5) is 0. The molecule has 4 heterocycles. The first-order valence-electron chi connectivity index (χ1n) is 16.0. The first-order valence-corrected chi connectivity index (χ1v) is 16.0. The number of aromatic nitrogens is 1. The first-order chi connectivity index (χ1) is 23.3. The second-order valence-electron chi connectivity index (χ2n) is 12.4. The highest BCUT2D eigenvalue weighted by Crippen LogP contribution is 2.42. The zero-order valence-electron chi connectivity index (χ0n) is 25.1.